The van der Waals surface area contributed by atoms with E-state index in [0.717, 1.165) is 93.5 Å². The van der Waals surface area contributed by atoms with Crippen LogP contribution in [-0.2, 0) is 39.4 Å². The number of alkyl halides is 3. The maximum atomic E-state index is 14.4. The zero-order valence-corrected chi connectivity index (χ0v) is 40.0. The van der Waals surface area contributed by atoms with Crippen LogP contribution in [0.5, 0.6) is 0 Å². The van der Waals surface area contributed by atoms with E-state index in [1.54, 1.807) is 0 Å². The number of likely N-dealkylation sites (tertiary alicyclic amines) is 1. The van der Waals surface area contributed by atoms with Crippen LogP contribution < -0.4 is 15.8 Å². The number of benzene rings is 4. The molecule has 358 valence electrons. The summed E-state index contributed by atoms with van der Waals surface area (Å²) in [6.07, 6.45) is 4.11. The van der Waals surface area contributed by atoms with Gasteiger partial charge in [0.2, 0.25) is 0 Å². The Kier molecular flexibility index (Phi) is 15.4. The summed E-state index contributed by atoms with van der Waals surface area (Å²) in [5.41, 5.74) is 5.46. The van der Waals surface area contributed by atoms with Crippen molar-refractivity contribution in [1.29, 1.82) is 0 Å². The molecular weight excluding hydrogens is 920 g/mol. The van der Waals surface area contributed by atoms with E-state index in [-0.39, 0.29) is 11.5 Å². The van der Waals surface area contributed by atoms with Crippen LogP contribution in [0.3, 0.4) is 0 Å². The summed E-state index contributed by atoms with van der Waals surface area (Å²) in [7, 11) is -10.6. The summed E-state index contributed by atoms with van der Waals surface area (Å²) >= 11 is 1.50. The summed E-state index contributed by atoms with van der Waals surface area (Å²) in [4.78, 5) is 17.4. The average Bonchev–Trinajstić information content (AvgIpc) is 3.33. The van der Waals surface area contributed by atoms with Crippen molar-refractivity contribution in [2.24, 2.45) is 0 Å². The molecule has 5 aromatic rings. The van der Waals surface area contributed by atoms with Crippen LogP contribution >= 0.6 is 11.8 Å². The van der Waals surface area contributed by atoms with Crippen LogP contribution in [-0.4, -0.2) is 129 Å². The third kappa shape index (κ3) is 11.9. The minimum absolute atomic E-state index is 0.0134. The normalized spacial score (nSPS) is 17.8. The maximum Gasteiger partial charge on any atom is 0.501 e. The fraction of sp³-hybridized carbons (Fsp3) is 0.417. The first-order valence-corrected chi connectivity index (χ1v) is 26.7. The van der Waals surface area contributed by atoms with Crippen molar-refractivity contribution in [2.45, 2.75) is 78.0 Å². The summed E-state index contributed by atoms with van der Waals surface area (Å²) < 4.78 is 100. The van der Waals surface area contributed by atoms with Gasteiger partial charge in [0.05, 0.1) is 16.3 Å². The molecule has 0 aliphatic carbocycles. The van der Waals surface area contributed by atoms with Crippen molar-refractivity contribution >= 4 is 48.8 Å². The summed E-state index contributed by atoms with van der Waals surface area (Å²) in [6, 6.07) is 28.5. The second kappa shape index (κ2) is 21.3. The van der Waals surface area contributed by atoms with Crippen LogP contribution in [0.2, 0.25) is 0 Å². The Morgan fingerprint density at radius 1 is 0.821 bits per heavy atom. The van der Waals surface area contributed by atoms with E-state index in [2.05, 4.69) is 64.7 Å². The number of rotatable bonds is 17. The first-order chi connectivity index (χ1) is 32.2. The van der Waals surface area contributed by atoms with Gasteiger partial charge in [-0.25, -0.2) is 26.8 Å². The number of halogens is 3. The zero-order chi connectivity index (χ0) is 47.2. The van der Waals surface area contributed by atoms with Gasteiger partial charge in [0.25, 0.3) is 19.9 Å². The number of anilines is 3. The van der Waals surface area contributed by atoms with Gasteiger partial charge in [-0.2, -0.15) is 13.2 Å². The maximum absolute atomic E-state index is 14.4. The fourth-order valence-corrected chi connectivity index (χ4v) is 12.3. The van der Waals surface area contributed by atoms with E-state index in [1.807, 2.05) is 60.7 Å². The van der Waals surface area contributed by atoms with Crippen molar-refractivity contribution in [3.8, 4) is 11.1 Å². The Morgan fingerprint density at radius 3 is 2.24 bits per heavy atom. The molecule has 0 spiro atoms. The van der Waals surface area contributed by atoms with E-state index in [1.165, 1.54) is 29.2 Å². The van der Waals surface area contributed by atoms with Crippen molar-refractivity contribution in [3.63, 3.8) is 0 Å². The topological polar surface area (TPSA) is 157 Å². The number of hydrogen-bond donors (Lipinski definition) is 3. The van der Waals surface area contributed by atoms with Crippen LogP contribution in [0, 0.1) is 0 Å². The second-order valence-corrected chi connectivity index (χ2v) is 22.1. The van der Waals surface area contributed by atoms with Crippen LogP contribution in [0.25, 0.3) is 11.1 Å². The van der Waals surface area contributed by atoms with Crippen molar-refractivity contribution in [3.05, 3.63) is 120 Å². The molecule has 2 saturated heterocycles. The van der Waals surface area contributed by atoms with Gasteiger partial charge in [-0.1, -0.05) is 61.5 Å². The lowest BCUT2D eigenvalue weighted by atomic mass is 9.96. The molecular formula is C48H58F3N9O4S3. The molecule has 2 fully saturated rings. The van der Waals surface area contributed by atoms with E-state index in [9.17, 15) is 30.0 Å². The number of nitrogens with one attached hydrogen (secondary N) is 2. The van der Waals surface area contributed by atoms with E-state index in [0.29, 0.717) is 61.6 Å². The molecule has 4 aromatic carbocycles. The molecule has 19 heteroatoms. The Bertz CT molecular complexity index is 2680. The van der Waals surface area contributed by atoms with Gasteiger partial charge < -0.3 is 20.9 Å². The Morgan fingerprint density at radius 2 is 1.52 bits per heavy atom. The Balaban J connectivity index is 0.950. The highest BCUT2D eigenvalue weighted by Crippen LogP contribution is 2.38. The number of aromatic nitrogens is 2. The van der Waals surface area contributed by atoms with Crippen LogP contribution in [0.1, 0.15) is 43.0 Å². The molecule has 1 atom stereocenters. The highest BCUT2D eigenvalue weighted by atomic mass is 32.2. The number of hydrogen-bond acceptors (Lipinski definition) is 13. The van der Waals surface area contributed by atoms with Gasteiger partial charge in [-0.15, -0.1) is 11.8 Å². The lowest BCUT2D eigenvalue weighted by Crippen LogP contribution is -2.47. The van der Waals surface area contributed by atoms with Gasteiger partial charge in [0.15, 0.2) is 0 Å². The molecule has 67 heavy (non-hydrogen) atoms. The van der Waals surface area contributed by atoms with Crippen molar-refractivity contribution < 1.29 is 30.0 Å². The number of likely N-dealkylation sites (N-methyl/N-ethyl adjacent to an activating group) is 1. The number of nitrogen functional groups attached to an aromatic ring is 1. The van der Waals surface area contributed by atoms with Gasteiger partial charge in [-0.3, -0.25) is 14.5 Å². The molecule has 4 heterocycles. The van der Waals surface area contributed by atoms with Gasteiger partial charge >= 0.3 is 5.51 Å². The lowest BCUT2D eigenvalue weighted by Gasteiger charge is -2.40. The minimum atomic E-state index is -6.00. The highest BCUT2D eigenvalue weighted by Gasteiger charge is 2.48. The van der Waals surface area contributed by atoms with Gasteiger partial charge in [-0.05, 0) is 104 Å². The molecule has 8 rings (SSSR count). The SMILES string of the molecule is CCN1CCN(CC[C@H](CSc2ccccc2)Nc2ccc(S(=O)(=O)Nc3ncnc4c3CCN(C3CCN(Cc5ccccc5-c5ccc(N)cc5)CC3)C4)cc2S(=O)(=O)C(F)(F)F)CC1. The number of sulfonamides is 1. The summed E-state index contributed by atoms with van der Waals surface area (Å²) in [5, 5.41) is 3.10. The predicted molar refractivity (Wildman–Crippen MR) is 259 cm³/mol. The van der Waals surface area contributed by atoms with Crippen LogP contribution in [0.15, 0.2) is 118 Å². The third-order valence-electron chi connectivity index (χ3n) is 13.1. The monoisotopic (exact) mass is 977 g/mol. The molecule has 0 radical (unpaired) electrons. The molecule has 0 saturated carbocycles. The number of sulfone groups is 1. The first kappa shape index (κ1) is 48.7. The molecule has 3 aliphatic rings. The molecule has 0 unspecified atom stereocenters. The quantitative estimate of drug-likeness (QED) is 0.0625. The number of nitrogens with zero attached hydrogens (tertiary/aromatic N) is 6. The minimum Gasteiger partial charge on any atom is -0.399 e. The van der Waals surface area contributed by atoms with Gasteiger partial charge in [0.1, 0.15) is 17.0 Å². The summed E-state index contributed by atoms with van der Waals surface area (Å²) in [5.74, 6) is 0.433. The molecule has 13 nitrogen and oxygen atoms in total. The Hall–Kier alpha value is -4.76. The molecule has 0 amide bonds. The standard InChI is InChI=1S/C48H58F3N9O4S3/c1-2-57-26-28-58(29-27-57)22-18-38(33-65-40-9-4-3-5-10-40)55-44-17-16-41(30-46(44)66(61,62)48(49,50)51)67(63,64)56-47-43-21-25-60(32-45(43)53-34-54-47)39-19-23-59(24-20-39)31-36-8-6-7-11-42(36)35-12-14-37(52)15-13-35/h3-17,30,34,38-39,55H,2,18-29,31-33,52H2,1H3,(H,53,54,56)/t38-/m1/s1. The number of fused-ring (bicyclic) bond motifs is 1. The van der Waals surface area contributed by atoms with Crippen LogP contribution in [0.4, 0.5) is 30.4 Å². The van der Waals surface area contributed by atoms with E-state index in [4.69, 9.17) is 5.73 Å². The molecule has 3 aliphatic heterocycles. The molecule has 4 N–H and O–H groups in total. The summed E-state index contributed by atoms with van der Waals surface area (Å²) in [6.45, 7) is 11.0. The smallest absolute Gasteiger partial charge is 0.399 e. The predicted octanol–water partition coefficient (Wildman–Crippen LogP) is 7.44. The highest BCUT2D eigenvalue weighted by molar-refractivity contribution is 7.99. The van der Waals surface area contributed by atoms with E-state index >= 15 is 0 Å². The average molecular weight is 978 g/mol. The largest absolute Gasteiger partial charge is 0.501 e. The zero-order valence-electron chi connectivity index (χ0n) is 37.5. The van der Waals surface area contributed by atoms with E-state index < -0.39 is 41.2 Å². The first-order valence-electron chi connectivity index (χ1n) is 22.8. The van der Waals surface area contributed by atoms with Crippen molar-refractivity contribution in [2.75, 3.05) is 80.4 Å². The third-order valence-corrected chi connectivity index (χ3v) is 17.1. The number of thioether (sulfide) groups is 1. The molecule has 1 aromatic heterocycles. The molecule has 0 bridgehead atoms. The number of piperazine rings is 1. The van der Waals surface area contributed by atoms with Gasteiger partial charge in [0, 0.05) is 86.3 Å². The lowest BCUT2D eigenvalue weighted by molar-refractivity contribution is -0.0435. The number of nitrogens with two attached hydrogens (primary N) is 1. The second-order valence-electron chi connectivity index (χ2n) is 17.4. The Labute approximate surface area is 396 Å². The number of piperidine rings is 1. The fourth-order valence-electron chi connectivity index (χ4n) is 9.18. The van der Waals surface area contributed by atoms with Crippen molar-refractivity contribution in [1.82, 2.24) is 29.6 Å².